The van der Waals surface area contributed by atoms with Gasteiger partial charge in [-0.2, -0.15) is 0 Å². The Morgan fingerprint density at radius 3 is 2.27 bits per heavy atom. The third-order valence-corrected chi connectivity index (χ3v) is 3.22. The highest BCUT2D eigenvalue weighted by molar-refractivity contribution is 5.97. The maximum Gasteiger partial charge on any atom is 0.249 e. The van der Waals surface area contributed by atoms with Gasteiger partial charge in [-0.25, -0.2) is 0 Å². The van der Waals surface area contributed by atoms with Crippen LogP contribution < -0.4 is 0 Å². The summed E-state index contributed by atoms with van der Waals surface area (Å²) in [5.74, 6) is 0.533. The minimum Gasteiger partial charge on any atom is -0.397 e. The van der Waals surface area contributed by atoms with Crippen LogP contribution in [0.1, 0.15) is 53.9 Å². The van der Waals surface area contributed by atoms with E-state index in [0.717, 1.165) is 6.42 Å². The minimum atomic E-state index is 0.282. The fourth-order valence-electron chi connectivity index (χ4n) is 1.56. The monoisotopic (exact) mass is 229 g/mol. The fraction of sp³-hybridized carbons (Fsp3) is 1.00. The Bertz CT molecular complexity index is 146. The van der Waals surface area contributed by atoms with E-state index in [1.54, 1.807) is 0 Å². The number of hydrogen-bond acceptors (Lipinski definition) is 2. The molecule has 0 saturated carbocycles. The van der Waals surface area contributed by atoms with Crippen molar-refractivity contribution in [3.63, 3.8) is 0 Å². The highest BCUT2D eigenvalue weighted by Crippen LogP contribution is 2.31. The van der Waals surface area contributed by atoms with Crippen LogP contribution in [0.15, 0.2) is 0 Å². The molecule has 0 spiro atoms. The number of rotatable bonds is 7. The van der Waals surface area contributed by atoms with E-state index in [4.69, 9.17) is 9.16 Å². The summed E-state index contributed by atoms with van der Waals surface area (Å²) in [6, 6.07) is 0. The van der Waals surface area contributed by atoms with Crippen LogP contribution in [-0.4, -0.2) is 23.4 Å². The molecular formula is C12H25O2Si. The summed E-state index contributed by atoms with van der Waals surface area (Å²) in [7, 11) is 2.97. The maximum atomic E-state index is 5.71. The van der Waals surface area contributed by atoms with Crippen LogP contribution in [0.4, 0.5) is 0 Å². The molecule has 0 heterocycles. The molecule has 0 saturated heterocycles. The molecule has 2 atom stereocenters. The van der Waals surface area contributed by atoms with Crippen molar-refractivity contribution in [3.05, 3.63) is 0 Å². The Balaban J connectivity index is 4.20. The van der Waals surface area contributed by atoms with Gasteiger partial charge in [0.05, 0.1) is 6.10 Å². The second-order valence-corrected chi connectivity index (χ2v) is 5.55. The summed E-state index contributed by atoms with van der Waals surface area (Å²) < 4.78 is 10.5. The van der Waals surface area contributed by atoms with Crippen LogP contribution in [0.25, 0.3) is 0 Å². The molecule has 2 unspecified atom stereocenters. The van der Waals surface area contributed by atoms with Crippen LogP contribution in [-0.2, 0) is 9.16 Å². The van der Waals surface area contributed by atoms with Crippen LogP contribution in [0.3, 0.4) is 0 Å². The largest absolute Gasteiger partial charge is 0.397 e. The second-order valence-electron chi connectivity index (χ2n) is 5.26. The average molecular weight is 229 g/mol. The van der Waals surface area contributed by atoms with Crippen LogP contribution in [0, 0.1) is 11.3 Å². The molecular weight excluding hydrogens is 204 g/mol. The summed E-state index contributed by atoms with van der Waals surface area (Å²) in [6.07, 6.45) is 3.84. The van der Waals surface area contributed by atoms with Crippen molar-refractivity contribution >= 4 is 10.5 Å². The number of ether oxygens (including phenoxy) is 1. The minimum absolute atomic E-state index is 0.282. The van der Waals surface area contributed by atoms with Gasteiger partial charge in [0, 0.05) is 0 Å². The standard InChI is InChI=1S/C12H25O2Si/c1-6-7-8-11(13-9-14-15)10(2)12(3,4)5/h10-11H,6-9H2,1-5H3. The zero-order chi connectivity index (χ0) is 11.9. The number of hydrogen-bond donors (Lipinski definition) is 0. The van der Waals surface area contributed by atoms with Gasteiger partial charge in [-0.3, -0.25) is 0 Å². The zero-order valence-corrected chi connectivity index (χ0v) is 11.8. The first-order chi connectivity index (χ1) is 6.93. The molecule has 0 aromatic heterocycles. The topological polar surface area (TPSA) is 18.5 Å². The highest BCUT2D eigenvalue weighted by Gasteiger charge is 2.28. The maximum absolute atomic E-state index is 5.71. The van der Waals surface area contributed by atoms with Gasteiger partial charge in [0.15, 0.2) is 0 Å². The van der Waals surface area contributed by atoms with Crippen molar-refractivity contribution in [2.75, 3.05) is 6.79 Å². The molecule has 0 bridgehead atoms. The average Bonchev–Trinajstić information content (AvgIpc) is 2.16. The van der Waals surface area contributed by atoms with Crippen LogP contribution in [0.5, 0.6) is 0 Å². The second kappa shape index (κ2) is 7.42. The Kier molecular flexibility index (Phi) is 7.48. The van der Waals surface area contributed by atoms with E-state index in [1.165, 1.54) is 12.8 Å². The summed E-state index contributed by atoms with van der Waals surface area (Å²) in [6.45, 7) is 11.6. The first-order valence-corrected chi connectivity index (χ1v) is 6.24. The molecule has 3 heteroatoms. The lowest BCUT2D eigenvalue weighted by molar-refractivity contribution is -0.0793. The van der Waals surface area contributed by atoms with Gasteiger partial charge in [0.1, 0.15) is 6.79 Å². The normalized spacial score (nSPS) is 16.4. The summed E-state index contributed by atoms with van der Waals surface area (Å²) in [4.78, 5) is 0. The SMILES string of the molecule is CCCCC(OCO[Si])C(C)C(C)(C)C. The zero-order valence-electron chi connectivity index (χ0n) is 10.8. The van der Waals surface area contributed by atoms with Crippen molar-refractivity contribution in [3.8, 4) is 0 Å². The molecule has 89 valence electrons. The Morgan fingerprint density at radius 1 is 1.27 bits per heavy atom. The van der Waals surface area contributed by atoms with E-state index < -0.39 is 0 Å². The fourth-order valence-corrected chi connectivity index (χ4v) is 1.63. The van der Waals surface area contributed by atoms with E-state index in [-0.39, 0.29) is 5.41 Å². The summed E-state index contributed by atoms with van der Waals surface area (Å²) in [5, 5.41) is 0. The lowest BCUT2D eigenvalue weighted by Gasteiger charge is -2.34. The van der Waals surface area contributed by atoms with E-state index in [0.29, 0.717) is 18.8 Å². The third kappa shape index (κ3) is 6.33. The smallest absolute Gasteiger partial charge is 0.249 e. The van der Waals surface area contributed by atoms with Gasteiger partial charge in [-0.15, -0.1) is 0 Å². The molecule has 0 rings (SSSR count). The van der Waals surface area contributed by atoms with Crippen molar-refractivity contribution in [2.45, 2.75) is 60.0 Å². The van der Waals surface area contributed by atoms with Crippen molar-refractivity contribution in [2.24, 2.45) is 11.3 Å². The lowest BCUT2D eigenvalue weighted by atomic mass is 9.77. The van der Waals surface area contributed by atoms with E-state index in [1.807, 2.05) is 0 Å². The molecule has 0 N–H and O–H groups in total. The molecule has 0 fully saturated rings. The molecule has 0 aliphatic rings. The molecule has 0 aliphatic heterocycles. The summed E-state index contributed by atoms with van der Waals surface area (Å²) >= 11 is 0. The van der Waals surface area contributed by atoms with E-state index >= 15 is 0 Å². The first-order valence-electron chi connectivity index (χ1n) is 5.83. The van der Waals surface area contributed by atoms with Gasteiger partial charge >= 0.3 is 0 Å². The number of unbranched alkanes of at least 4 members (excludes halogenated alkanes) is 1. The predicted octanol–water partition coefficient (Wildman–Crippen LogP) is 3.30. The summed E-state index contributed by atoms with van der Waals surface area (Å²) in [5.41, 5.74) is 0.282. The first kappa shape index (κ1) is 15.1. The third-order valence-electron chi connectivity index (χ3n) is 3.11. The van der Waals surface area contributed by atoms with Gasteiger partial charge in [0.2, 0.25) is 10.5 Å². The molecule has 0 aliphatic carbocycles. The van der Waals surface area contributed by atoms with Crippen LogP contribution in [0.2, 0.25) is 0 Å². The molecule has 0 aromatic rings. The molecule has 15 heavy (non-hydrogen) atoms. The van der Waals surface area contributed by atoms with Gasteiger partial charge in [-0.1, -0.05) is 47.5 Å². The van der Waals surface area contributed by atoms with Crippen molar-refractivity contribution in [1.29, 1.82) is 0 Å². The quantitative estimate of drug-likeness (QED) is 0.492. The Labute approximate surface area is 98.3 Å². The van der Waals surface area contributed by atoms with Crippen molar-refractivity contribution < 1.29 is 9.16 Å². The highest BCUT2D eigenvalue weighted by atomic mass is 28.2. The van der Waals surface area contributed by atoms with E-state index in [2.05, 4.69) is 45.1 Å². The molecule has 0 amide bonds. The van der Waals surface area contributed by atoms with E-state index in [9.17, 15) is 0 Å². The van der Waals surface area contributed by atoms with Gasteiger partial charge in [0.25, 0.3) is 0 Å². The van der Waals surface area contributed by atoms with Gasteiger partial charge in [-0.05, 0) is 17.8 Å². The Morgan fingerprint density at radius 2 is 1.87 bits per heavy atom. The Hall–Kier alpha value is 0.137. The molecule has 2 nitrogen and oxygen atoms in total. The van der Waals surface area contributed by atoms with Crippen molar-refractivity contribution in [1.82, 2.24) is 0 Å². The lowest BCUT2D eigenvalue weighted by Crippen LogP contribution is -2.32. The molecule has 3 radical (unpaired) electrons. The van der Waals surface area contributed by atoms with Crippen LogP contribution >= 0.6 is 0 Å². The van der Waals surface area contributed by atoms with Gasteiger partial charge < -0.3 is 9.16 Å². The predicted molar refractivity (Wildman–Crippen MR) is 64.7 cm³/mol. The molecule has 0 aromatic carbocycles.